The smallest absolute Gasteiger partial charge is 0.232 e. The molecule has 0 aliphatic heterocycles. The van der Waals surface area contributed by atoms with Gasteiger partial charge in [-0.15, -0.1) is 0 Å². The fraction of sp³-hybridized carbons (Fsp3) is 0.556. The summed E-state index contributed by atoms with van der Waals surface area (Å²) in [5.74, 6) is 0.575. The molecular weight excluding hydrogens is 166 g/mol. The predicted octanol–water partition coefficient (Wildman–Crippen LogP) is 1.11. The van der Waals surface area contributed by atoms with E-state index in [0.717, 1.165) is 18.5 Å². The molecule has 0 bridgehead atoms. The SMILES string of the molecule is CCCCOc1cnc(CN)cn1. The molecule has 0 unspecified atom stereocenters. The van der Waals surface area contributed by atoms with Gasteiger partial charge in [0.2, 0.25) is 5.88 Å². The average Bonchev–Trinajstić information content (AvgIpc) is 2.19. The highest BCUT2D eigenvalue weighted by Gasteiger charge is 1.95. The van der Waals surface area contributed by atoms with Gasteiger partial charge in [0.1, 0.15) is 0 Å². The third-order valence-corrected chi connectivity index (χ3v) is 1.64. The van der Waals surface area contributed by atoms with Crippen LogP contribution in [0.15, 0.2) is 12.4 Å². The third-order valence-electron chi connectivity index (χ3n) is 1.64. The Hall–Kier alpha value is -1.16. The lowest BCUT2D eigenvalue weighted by Gasteiger charge is -2.03. The number of nitrogens with two attached hydrogens (primary N) is 1. The van der Waals surface area contributed by atoms with Crippen molar-refractivity contribution < 1.29 is 4.74 Å². The van der Waals surface area contributed by atoms with Crippen molar-refractivity contribution >= 4 is 0 Å². The molecule has 4 heteroatoms. The first-order chi connectivity index (χ1) is 6.36. The van der Waals surface area contributed by atoms with Crippen LogP contribution >= 0.6 is 0 Å². The molecule has 72 valence electrons. The summed E-state index contributed by atoms with van der Waals surface area (Å²) in [6.07, 6.45) is 5.41. The van der Waals surface area contributed by atoms with E-state index in [4.69, 9.17) is 10.5 Å². The van der Waals surface area contributed by atoms with E-state index >= 15 is 0 Å². The molecule has 0 fully saturated rings. The third kappa shape index (κ3) is 3.38. The van der Waals surface area contributed by atoms with Crippen LogP contribution in [0, 0.1) is 0 Å². The minimum Gasteiger partial charge on any atom is -0.477 e. The Morgan fingerprint density at radius 1 is 1.38 bits per heavy atom. The molecule has 0 atom stereocenters. The van der Waals surface area contributed by atoms with E-state index in [-0.39, 0.29) is 0 Å². The van der Waals surface area contributed by atoms with Crippen LogP contribution in [0.1, 0.15) is 25.5 Å². The van der Waals surface area contributed by atoms with Crippen molar-refractivity contribution in [2.75, 3.05) is 6.61 Å². The number of hydrogen-bond acceptors (Lipinski definition) is 4. The molecule has 1 rings (SSSR count). The largest absolute Gasteiger partial charge is 0.477 e. The standard InChI is InChI=1S/C9H15N3O/c1-2-3-4-13-9-7-11-8(5-10)6-12-9/h6-7H,2-5,10H2,1H3. The molecule has 0 spiro atoms. The van der Waals surface area contributed by atoms with Crippen molar-refractivity contribution in [2.45, 2.75) is 26.3 Å². The van der Waals surface area contributed by atoms with Gasteiger partial charge in [-0.2, -0.15) is 0 Å². The normalized spacial score (nSPS) is 10.0. The molecule has 0 aliphatic carbocycles. The van der Waals surface area contributed by atoms with E-state index < -0.39 is 0 Å². The number of ether oxygens (including phenoxy) is 1. The summed E-state index contributed by atoms with van der Waals surface area (Å²) in [6, 6.07) is 0. The molecule has 0 aliphatic rings. The second-order valence-corrected chi connectivity index (χ2v) is 2.75. The minimum absolute atomic E-state index is 0.419. The summed E-state index contributed by atoms with van der Waals surface area (Å²) < 4.78 is 5.33. The van der Waals surface area contributed by atoms with Crippen LogP contribution in [0.4, 0.5) is 0 Å². The lowest BCUT2D eigenvalue weighted by Crippen LogP contribution is -2.03. The summed E-state index contributed by atoms with van der Waals surface area (Å²) in [6.45, 7) is 3.24. The van der Waals surface area contributed by atoms with Crippen LogP contribution in [0.5, 0.6) is 5.88 Å². The molecule has 1 heterocycles. The fourth-order valence-corrected chi connectivity index (χ4v) is 0.844. The van der Waals surface area contributed by atoms with Gasteiger partial charge >= 0.3 is 0 Å². The van der Waals surface area contributed by atoms with Crippen molar-refractivity contribution in [3.8, 4) is 5.88 Å². The Bertz CT molecular complexity index is 235. The van der Waals surface area contributed by atoms with Gasteiger partial charge in [0.25, 0.3) is 0 Å². The molecular formula is C9H15N3O. The molecule has 0 radical (unpaired) electrons. The molecule has 0 saturated heterocycles. The van der Waals surface area contributed by atoms with E-state index in [1.807, 2.05) is 0 Å². The van der Waals surface area contributed by atoms with Gasteiger partial charge in [0, 0.05) is 6.54 Å². The quantitative estimate of drug-likeness (QED) is 0.691. The van der Waals surface area contributed by atoms with Crippen LogP contribution in [-0.2, 0) is 6.54 Å². The monoisotopic (exact) mass is 181 g/mol. The van der Waals surface area contributed by atoms with Gasteiger partial charge in [-0.05, 0) is 6.42 Å². The van der Waals surface area contributed by atoms with Crippen LogP contribution in [0.25, 0.3) is 0 Å². The topological polar surface area (TPSA) is 61.0 Å². The van der Waals surface area contributed by atoms with Gasteiger partial charge in [-0.1, -0.05) is 13.3 Å². The highest BCUT2D eigenvalue weighted by molar-refractivity contribution is 5.06. The van der Waals surface area contributed by atoms with Crippen molar-refractivity contribution in [2.24, 2.45) is 5.73 Å². The zero-order valence-electron chi connectivity index (χ0n) is 7.86. The average molecular weight is 181 g/mol. The van der Waals surface area contributed by atoms with Gasteiger partial charge in [-0.25, -0.2) is 4.98 Å². The molecule has 1 aromatic heterocycles. The lowest BCUT2D eigenvalue weighted by molar-refractivity contribution is 0.296. The van der Waals surface area contributed by atoms with Crippen molar-refractivity contribution in [1.82, 2.24) is 9.97 Å². The zero-order chi connectivity index (χ0) is 9.52. The van der Waals surface area contributed by atoms with Gasteiger partial charge in [-0.3, -0.25) is 4.98 Å². The van der Waals surface area contributed by atoms with E-state index in [9.17, 15) is 0 Å². The number of unbranched alkanes of at least 4 members (excludes halogenated alkanes) is 1. The summed E-state index contributed by atoms with van der Waals surface area (Å²) in [4.78, 5) is 8.12. The van der Waals surface area contributed by atoms with Crippen LogP contribution in [-0.4, -0.2) is 16.6 Å². The van der Waals surface area contributed by atoms with Crippen LogP contribution in [0.2, 0.25) is 0 Å². The second-order valence-electron chi connectivity index (χ2n) is 2.75. The van der Waals surface area contributed by atoms with Crippen LogP contribution in [0.3, 0.4) is 0 Å². The fourth-order valence-electron chi connectivity index (χ4n) is 0.844. The molecule has 0 aromatic carbocycles. The summed E-state index contributed by atoms with van der Waals surface area (Å²) >= 11 is 0. The first-order valence-corrected chi connectivity index (χ1v) is 4.50. The Balaban J connectivity index is 2.40. The zero-order valence-corrected chi connectivity index (χ0v) is 7.86. The number of rotatable bonds is 5. The maximum absolute atomic E-state index is 5.38. The summed E-state index contributed by atoms with van der Waals surface area (Å²) in [5.41, 5.74) is 6.16. The van der Waals surface area contributed by atoms with E-state index in [1.54, 1.807) is 12.4 Å². The number of hydrogen-bond donors (Lipinski definition) is 1. The molecule has 4 nitrogen and oxygen atoms in total. The summed E-state index contributed by atoms with van der Waals surface area (Å²) in [7, 11) is 0. The van der Waals surface area contributed by atoms with Crippen molar-refractivity contribution in [1.29, 1.82) is 0 Å². The van der Waals surface area contributed by atoms with E-state index in [0.29, 0.717) is 19.0 Å². The maximum Gasteiger partial charge on any atom is 0.232 e. The first kappa shape index (κ1) is 9.92. The maximum atomic E-state index is 5.38. The summed E-state index contributed by atoms with van der Waals surface area (Å²) in [5, 5.41) is 0. The van der Waals surface area contributed by atoms with Gasteiger partial charge in [0.05, 0.1) is 24.7 Å². The van der Waals surface area contributed by atoms with E-state index in [2.05, 4.69) is 16.9 Å². The molecule has 0 saturated carbocycles. The Labute approximate surface area is 78.1 Å². The Morgan fingerprint density at radius 2 is 2.23 bits per heavy atom. The highest BCUT2D eigenvalue weighted by Crippen LogP contribution is 2.04. The van der Waals surface area contributed by atoms with Crippen LogP contribution < -0.4 is 10.5 Å². The van der Waals surface area contributed by atoms with E-state index in [1.165, 1.54) is 0 Å². The van der Waals surface area contributed by atoms with Crippen molar-refractivity contribution in [3.63, 3.8) is 0 Å². The van der Waals surface area contributed by atoms with Crippen molar-refractivity contribution in [3.05, 3.63) is 18.1 Å². The highest BCUT2D eigenvalue weighted by atomic mass is 16.5. The minimum atomic E-state index is 0.419. The number of nitrogens with zero attached hydrogens (tertiary/aromatic N) is 2. The Kier molecular flexibility index (Phi) is 4.18. The van der Waals surface area contributed by atoms with Gasteiger partial charge < -0.3 is 10.5 Å². The molecule has 13 heavy (non-hydrogen) atoms. The lowest BCUT2D eigenvalue weighted by atomic mass is 10.4. The first-order valence-electron chi connectivity index (χ1n) is 4.50. The Morgan fingerprint density at radius 3 is 2.77 bits per heavy atom. The molecule has 1 aromatic rings. The number of aromatic nitrogens is 2. The predicted molar refractivity (Wildman–Crippen MR) is 50.3 cm³/mol. The van der Waals surface area contributed by atoms with Gasteiger partial charge in [0.15, 0.2) is 0 Å². The molecule has 2 N–H and O–H groups in total. The second kappa shape index (κ2) is 5.48. The molecule has 0 amide bonds.